The van der Waals surface area contributed by atoms with Gasteiger partial charge in [-0.3, -0.25) is 4.79 Å². The van der Waals surface area contributed by atoms with Gasteiger partial charge < -0.3 is 14.6 Å². The van der Waals surface area contributed by atoms with Crippen molar-refractivity contribution >= 4 is 11.9 Å². The third kappa shape index (κ3) is 5.18. The summed E-state index contributed by atoms with van der Waals surface area (Å²) in [6.07, 6.45) is 1.15. The molecule has 0 fully saturated rings. The van der Waals surface area contributed by atoms with Crippen LogP contribution in [0.1, 0.15) is 49.7 Å². The zero-order chi connectivity index (χ0) is 20.0. The molecular formula is C21H27FN2O3. The molecule has 0 aliphatic rings. The van der Waals surface area contributed by atoms with Crippen molar-refractivity contribution in [3.05, 3.63) is 47.4 Å². The van der Waals surface area contributed by atoms with Gasteiger partial charge in [0, 0.05) is 30.4 Å². The van der Waals surface area contributed by atoms with Crippen LogP contribution in [0.4, 0.5) is 4.39 Å². The van der Waals surface area contributed by atoms with Crippen LogP contribution in [0.2, 0.25) is 0 Å². The lowest BCUT2D eigenvalue weighted by molar-refractivity contribution is -0.121. The molecule has 0 saturated heterocycles. The van der Waals surface area contributed by atoms with Crippen molar-refractivity contribution in [2.45, 2.75) is 53.1 Å². The van der Waals surface area contributed by atoms with E-state index in [2.05, 4.69) is 5.32 Å². The van der Waals surface area contributed by atoms with Gasteiger partial charge >= 0.3 is 5.97 Å². The van der Waals surface area contributed by atoms with Gasteiger partial charge in [-0.15, -0.1) is 0 Å². The summed E-state index contributed by atoms with van der Waals surface area (Å²) in [6, 6.07) is 7.94. The molecule has 5 nitrogen and oxygen atoms in total. The summed E-state index contributed by atoms with van der Waals surface area (Å²) in [6.45, 7) is 8.25. The van der Waals surface area contributed by atoms with Crippen molar-refractivity contribution in [3.63, 3.8) is 0 Å². The van der Waals surface area contributed by atoms with E-state index < -0.39 is 5.97 Å². The Kier molecular flexibility index (Phi) is 7.16. The molecule has 1 aromatic heterocycles. The summed E-state index contributed by atoms with van der Waals surface area (Å²) in [7, 11) is 0. The maximum atomic E-state index is 13.3. The van der Waals surface area contributed by atoms with Gasteiger partial charge in [-0.2, -0.15) is 0 Å². The summed E-state index contributed by atoms with van der Waals surface area (Å²) < 4.78 is 20.3. The lowest BCUT2D eigenvalue weighted by Gasteiger charge is -2.14. The quantitative estimate of drug-likeness (QED) is 0.708. The van der Waals surface area contributed by atoms with Crippen LogP contribution in [-0.4, -0.2) is 29.1 Å². The number of ether oxygens (including phenoxy) is 1. The van der Waals surface area contributed by atoms with Crippen LogP contribution >= 0.6 is 0 Å². The van der Waals surface area contributed by atoms with Gasteiger partial charge in [-0.25, -0.2) is 9.18 Å². The highest BCUT2D eigenvalue weighted by atomic mass is 19.1. The Morgan fingerprint density at radius 1 is 1.22 bits per heavy atom. The maximum Gasteiger partial charge on any atom is 0.339 e. The topological polar surface area (TPSA) is 60.3 Å². The average Bonchev–Trinajstić information content (AvgIpc) is 2.97. The van der Waals surface area contributed by atoms with Crippen molar-refractivity contribution < 1.29 is 18.7 Å². The van der Waals surface area contributed by atoms with Crippen LogP contribution in [0.25, 0.3) is 11.3 Å². The molecule has 0 radical (unpaired) electrons. The second-order valence-electron chi connectivity index (χ2n) is 6.53. The minimum atomic E-state index is -0.402. The van der Waals surface area contributed by atoms with E-state index in [9.17, 15) is 14.0 Å². The Morgan fingerprint density at radius 2 is 1.89 bits per heavy atom. The summed E-state index contributed by atoms with van der Waals surface area (Å²) in [4.78, 5) is 24.4. The molecule has 1 heterocycles. The van der Waals surface area contributed by atoms with Crippen molar-refractivity contribution in [3.8, 4) is 11.3 Å². The SMILES string of the molecule is CCOC(=O)c1cc(-c2ccc(F)cc2)n(CCC(=O)N[C@H](C)CC)c1C. The van der Waals surface area contributed by atoms with Crippen molar-refractivity contribution in [1.82, 2.24) is 9.88 Å². The first kappa shape index (κ1) is 20.7. The Labute approximate surface area is 159 Å². The number of halogens is 1. The molecule has 1 N–H and O–H groups in total. The standard InChI is InChI=1S/C21H27FN2O3/c1-5-14(3)23-20(25)11-12-24-15(4)18(21(26)27-6-2)13-19(24)16-7-9-17(22)10-8-16/h7-10,13-14H,5-6,11-12H2,1-4H3,(H,23,25)/t14-/m1/s1. The summed E-state index contributed by atoms with van der Waals surface area (Å²) in [5.41, 5.74) is 2.71. The van der Waals surface area contributed by atoms with E-state index in [0.717, 1.165) is 23.4 Å². The van der Waals surface area contributed by atoms with Gasteiger partial charge in [-0.1, -0.05) is 6.92 Å². The highest BCUT2D eigenvalue weighted by Gasteiger charge is 2.20. The number of amides is 1. The molecule has 27 heavy (non-hydrogen) atoms. The molecule has 0 spiro atoms. The van der Waals surface area contributed by atoms with Gasteiger partial charge in [0.1, 0.15) is 5.82 Å². The molecule has 0 aliphatic carbocycles. The molecule has 0 aliphatic heterocycles. The predicted octanol–water partition coefficient (Wildman–Crippen LogP) is 4.08. The van der Waals surface area contributed by atoms with E-state index in [1.807, 2.05) is 25.3 Å². The zero-order valence-electron chi connectivity index (χ0n) is 16.3. The van der Waals surface area contributed by atoms with E-state index in [-0.39, 0.29) is 30.8 Å². The number of nitrogens with one attached hydrogen (secondary N) is 1. The molecule has 2 rings (SSSR count). The largest absolute Gasteiger partial charge is 0.462 e. The van der Waals surface area contributed by atoms with Crippen LogP contribution in [0.15, 0.2) is 30.3 Å². The fraction of sp³-hybridized carbons (Fsp3) is 0.429. The second kappa shape index (κ2) is 9.35. The number of nitrogens with zero attached hydrogens (tertiary/aromatic N) is 1. The molecule has 6 heteroatoms. The Bertz CT molecular complexity index is 797. The maximum absolute atomic E-state index is 13.3. The molecule has 0 saturated carbocycles. The minimum Gasteiger partial charge on any atom is -0.462 e. The van der Waals surface area contributed by atoms with Gasteiger partial charge in [0.05, 0.1) is 12.2 Å². The number of hydrogen-bond acceptors (Lipinski definition) is 3. The third-order valence-corrected chi connectivity index (χ3v) is 4.58. The van der Waals surface area contributed by atoms with Crippen LogP contribution in [-0.2, 0) is 16.1 Å². The number of carbonyl (C=O) groups excluding carboxylic acids is 2. The van der Waals surface area contributed by atoms with Crippen LogP contribution < -0.4 is 5.32 Å². The molecule has 1 aromatic carbocycles. The molecule has 1 atom stereocenters. The van der Waals surface area contributed by atoms with Crippen molar-refractivity contribution in [2.24, 2.45) is 0 Å². The highest BCUT2D eigenvalue weighted by Crippen LogP contribution is 2.27. The summed E-state index contributed by atoms with van der Waals surface area (Å²) in [5, 5.41) is 2.94. The first-order valence-electron chi connectivity index (χ1n) is 9.29. The fourth-order valence-corrected chi connectivity index (χ4v) is 2.87. The second-order valence-corrected chi connectivity index (χ2v) is 6.53. The smallest absolute Gasteiger partial charge is 0.339 e. The average molecular weight is 374 g/mol. The molecule has 2 aromatic rings. The fourth-order valence-electron chi connectivity index (χ4n) is 2.87. The monoisotopic (exact) mass is 374 g/mol. The van der Waals surface area contributed by atoms with Crippen LogP contribution in [0.3, 0.4) is 0 Å². The molecule has 1 amide bonds. The van der Waals surface area contributed by atoms with Gasteiger partial charge in [-0.05, 0) is 63.1 Å². The molecule has 0 bridgehead atoms. The first-order valence-corrected chi connectivity index (χ1v) is 9.29. The number of carbonyl (C=O) groups is 2. The van der Waals surface area contributed by atoms with Crippen LogP contribution in [0, 0.1) is 12.7 Å². The van der Waals surface area contributed by atoms with E-state index in [1.165, 1.54) is 12.1 Å². The van der Waals surface area contributed by atoms with Crippen molar-refractivity contribution in [1.29, 1.82) is 0 Å². The van der Waals surface area contributed by atoms with E-state index in [1.54, 1.807) is 25.1 Å². The molecular weight excluding hydrogens is 347 g/mol. The number of aromatic nitrogens is 1. The Morgan fingerprint density at radius 3 is 2.48 bits per heavy atom. The van der Waals surface area contributed by atoms with Gasteiger partial charge in [0.15, 0.2) is 0 Å². The number of benzene rings is 1. The van der Waals surface area contributed by atoms with Gasteiger partial charge in [0.2, 0.25) is 5.91 Å². The zero-order valence-corrected chi connectivity index (χ0v) is 16.3. The number of hydrogen-bond donors (Lipinski definition) is 1. The lowest BCUT2D eigenvalue weighted by Crippen LogP contribution is -2.32. The van der Waals surface area contributed by atoms with E-state index >= 15 is 0 Å². The molecule has 146 valence electrons. The van der Waals surface area contributed by atoms with Gasteiger partial charge in [0.25, 0.3) is 0 Å². The summed E-state index contributed by atoms with van der Waals surface area (Å²) >= 11 is 0. The minimum absolute atomic E-state index is 0.0415. The number of esters is 1. The number of rotatable bonds is 8. The highest BCUT2D eigenvalue weighted by molar-refractivity contribution is 5.92. The normalized spacial score (nSPS) is 11.9. The van der Waals surface area contributed by atoms with E-state index in [0.29, 0.717) is 12.1 Å². The van der Waals surface area contributed by atoms with Crippen molar-refractivity contribution in [2.75, 3.05) is 6.61 Å². The lowest BCUT2D eigenvalue weighted by atomic mass is 10.1. The Hall–Kier alpha value is -2.63. The Balaban J connectivity index is 2.33. The molecule has 0 unspecified atom stereocenters. The summed E-state index contributed by atoms with van der Waals surface area (Å²) in [5.74, 6) is -0.770. The van der Waals surface area contributed by atoms with Crippen LogP contribution in [0.5, 0.6) is 0 Å². The van der Waals surface area contributed by atoms with E-state index in [4.69, 9.17) is 4.74 Å². The third-order valence-electron chi connectivity index (χ3n) is 4.58. The first-order chi connectivity index (χ1) is 12.9. The predicted molar refractivity (Wildman–Crippen MR) is 103 cm³/mol.